The number of amides is 2. The van der Waals surface area contributed by atoms with E-state index in [9.17, 15) is 19.2 Å². The van der Waals surface area contributed by atoms with Crippen molar-refractivity contribution in [1.29, 1.82) is 0 Å². The minimum absolute atomic E-state index is 0.0204. The van der Waals surface area contributed by atoms with E-state index in [4.69, 9.17) is 80.1 Å². The third-order valence-corrected chi connectivity index (χ3v) is 16.2. The highest BCUT2D eigenvalue weighted by Crippen LogP contribution is 2.41. The predicted octanol–water partition coefficient (Wildman–Crippen LogP) is 12.3. The number of ether oxygens (including phenoxy) is 5. The average Bonchev–Trinajstić information content (AvgIpc) is 3.65. The van der Waals surface area contributed by atoms with E-state index in [1.54, 1.807) is 87.0 Å². The number of halogens is 4. The molecule has 0 saturated heterocycles. The highest BCUT2D eigenvalue weighted by molar-refractivity contribution is 6.34. The summed E-state index contributed by atoms with van der Waals surface area (Å²) in [5, 5.41) is 7.69. The Balaban J connectivity index is 1.09. The first-order valence-corrected chi connectivity index (χ1v) is 28.6. The molecule has 2 fully saturated rings. The molecule has 0 radical (unpaired) electrons. The van der Waals surface area contributed by atoms with Crippen LogP contribution in [0.3, 0.4) is 0 Å². The summed E-state index contributed by atoms with van der Waals surface area (Å²) in [6, 6.07) is 31.8. The SMILES string of the molecule is COC1CCC(NC(=O)c2ccc(-c3ccccc3Cl)c(-c3ccc(Cl)c(OCCCN(C)C)c3)n2)(C(=O)OC(=O)C2(NC(=O)c3ccc(-c4ccccc4Cl)c(-c4ccc(Cl)c(OCCCN(C)C)c4)n3)CCC(OC)CC2)CC1. The number of benzene rings is 4. The number of esters is 2. The summed E-state index contributed by atoms with van der Waals surface area (Å²) in [7, 11) is 11.1. The Kier molecular flexibility index (Phi) is 20.9. The zero-order valence-corrected chi connectivity index (χ0v) is 49.4. The Bertz CT molecular complexity index is 3010. The summed E-state index contributed by atoms with van der Waals surface area (Å²) in [5.74, 6) is -2.45. The molecule has 0 spiro atoms. The van der Waals surface area contributed by atoms with Crippen molar-refractivity contribution in [3.05, 3.63) is 141 Å². The molecule has 6 aromatic rings. The molecule has 0 bridgehead atoms. The topological polar surface area (TPSA) is 171 Å². The first-order chi connectivity index (χ1) is 38.9. The fraction of sp³-hybridized carbons (Fsp3) is 0.387. The third kappa shape index (κ3) is 14.9. The summed E-state index contributed by atoms with van der Waals surface area (Å²) >= 11 is 26.8. The molecule has 81 heavy (non-hydrogen) atoms. The van der Waals surface area contributed by atoms with Crippen LogP contribution in [0.25, 0.3) is 44.8 Å². The Hall–Kier alpha value is -6.14. The van der Waals surface area contributed by atoms with Gasteiger partial charge in [0, 0.05) is 70.7 Å². The van der Waals surface area contributed by atoms with E-state index >= 15 is 0 Å². The van der Waals surface area contributed by atoms with Gasteiger partial charge in [-0.2, -0.15) is 0 Å². The molecule has 19 heteroatoms. The van der Waals surface area contributed by atoms with E-state index in [-0.39, 0.29) is 49.3 Å². The summed E-state index contributed by atoms with van der Waals surface area (Å²) in [6.07, 6.45) is 2.81. The highest BCUT2D eigenvalue weighted by Gasteiger charge is 2.51. The van der Waals surface area contributed by atoms with Crippen LogP contribution in [0.15, 0.2) is 109 Å². The summed E-state index contributed by atoms with van der Waals surface area (Å²) in [4.78, 5) is 73.4. The number of carbonyl (C=O) groups excluding carboxylic acids is 4. The fourth-order valence-electron chi connectivity index (χ4n) is 10.3. The van der Waals surface area contributed by atoms with E-state index in [2.05, 4.69) is 20.4 Å². The molecule has 428 valence electrons. The molecule has 2 aliphatic carbocycles. The van der Waals surface area contributed by atoms with Crippen LogP contribution in [0.2, 0.25) is 20.1 Å². The van der Waals surface area contributed by atoms with Crippen LogP contribution in [0.5, 0.6) is 11.5 Å². The number of hydrogen-bond acceptors (Lipinski definition) is 13. The maximum Gasteiger partial charge on any atom is 0.339 e. The minimum atomic E-state index is -1.70. The maximum atomic E-state index is 15.0. The Morgan fingerprint density at radius 3 is 1.26 bits per heavy atom. The van der Waals surface area contributed by atoms with E-state index in [0.29, 0.717) is 115 Å². The predicted molar refractivity (Wildman–Crippen MR) is 318 cm³/mol. The van der Waals surface area contributed by atoms with Crippen LogP contribution in [-0.2, 0) is 23.8 Å². The van der Waals surface area contributed by atoms with E-state index < -0.39 is 34.8 Å². The molecule has 4 aromatic carbocycles. The molecule has 2 aliphatic rings. The van der Waals surface area contributed by atoms with Gasteiger partial charge in [-0.1, -0.05) is 94.9 Å². The van der Waals surface area contributed by atoms with Gasteiger partial charge in [0.05, 0.1) is 46.9 Å². The lowest BCUT2D eigenvalue weighted by Crippen LogP contribution is -2.62. The van der Waals surface area contributed by atoms with Gasteiger partial charge in [-0.25, -0.2) is 19.6 Å². The molecule has 2 N–H and O–H groups in total. The first kappa shape index (κ1) is 60.9. The van der Waals surface area contributed by atoms with Crippen molar-refractivity contribution >= 4 is 70.2 Å². The van der Waals surface area contributed by atoms with Gasteiger partial charge < -0.3 is 44.1 Å². The van der Waals surface area contributed by atoms with Crippen molar-refractivity contribution in [1.82, 2.24) is 30.4 Å². The van der Waals surface area contributed by atoms with E-state index in [0.717, 1.165) is 25.9 Å². The number of nitrogens with zero attached hydrogens (tertiary/aromatic N) is 4. The minimum Gasteiger partial charge on any atom is -0.492 e. The van der Waals surface area contributed by atoms with Crippen LogP contribution in [-0.4, -0.2) is 136 Å². The fourth-order valence-corrected chi connectivity index (χ4v) is 11.1. The number of carbonyl (C=O) groups is 4. The van der Waals surface area contributed by atoms with Crippen LogP contribution >= 0.6 is 46.4 Å². The quantitative estimate of drug-likeness (QED) is 0.0374. The highest BCUT2D eigenvalue weighted by atomic mass is 35.5. The van der Waals surface area contributed by atoms with Gasteiger partial charge in [0.1, 0.15) is 34.0 Å². The Labute approximate surface area is 493 Å². The lowest BCUT2D eigenvalue weighted by Gasteiger charge is -2.40. The van der Waals surface area contributed by atoms with Gasteiger partial charge >= 0.3 is 11.9 Å². The van der Waals surface area contributed by atoms with Gasteiger partial charge in [-0.3, -0.25) is 9.59 Å². The second-order valence-corrected chi connectivity index (χ2v) is 22.7. The van der Waals surface area contributed by atoms with Crippen LogP contribution < -0.4 is 20.1 Å². The Morgan fingerprint density at radius 1 is 0.519 bits per heavy atom. The second kappa shape index (κ2) is 27.8. The summed E-state index contributed by atoms with van der Waals surface area (Å²) in [6.45, 7) is 2.46. The summed E-state index contributed by atoms with van der Waals surface area (Å²) < 4.78 is 29.6. The molecule has 8 rings (SSSR count). The lowest BCUT2D eigenvalue weighted by atomic mass is 9.79. The standard InChI is InChI=1S/C62H68Cl4N6O9/c1-71(2)33-11-35-79-53-37-39(17-21-49(53)65)55-45(43-13-7-9-15-47(43)63)19-23-51(67-55)57(73)69-61(29-25-41(77-5)26-30-61)59(75)81-60(76)62(31-27-42(78-6)28-32-62)70-58(74)52-24-20-46(44-14-8-10-16-48(44)64)56(68-52)40-18-22-50(66)54(38-40)80-36-12-34-72(3)4/h7-10,13-24,37-38,41-42H,11-12,25-36H2,1-6H3,(H,69,73)(H,70,74). The van der Waals surface area contributed by atoms with Gasteiger partial charge in [0.15, 0.2) is 0 Å². The number of nitrogens with one attached hydrogen (secondary N) is 2. The molecule has 0 aliphatic heterocycles. The van der Waals surface area contributed by atoms with Crippen molar-refractivity contribution in [2.24, 2.45) is 0 Å². The molecular weight excluding hydrogens is 1110 g/mol. The maximum absolute atomic E-state index is 15.0. The lowest BCUT2D eigenvalue weighted by molar-refractivity contribution is -0.172. The number of aromatic nitrogens is 2. The van der Waals surface area contributed by atoms with Crippen LogP contribution in [0.4, 0.5) is 0 Å². The first-order valence-electron chi connectivity index (χ1n) is 27.1. The second-order valence-electron chi connectivity index (χ2n) is 21.1. The third-order valence-electron chi connectivity index (χ3n) is 14.9. The number of methoxy groups -OCH3 is 2. The van der Waals surface area contributed by atoms with Crippen molar-refractivity contribution < 1.29 is 42.9 Å². The molecule has 2 heterocycles. The summed E-state index contributed by atoms with van der Waals surface area (Å²) in [5.41, 5.74) is 1.17. The van der Waals surface area contributed by atoms with Crippen molar-refractivity contribution in [2.45, 2.75) is 87.5 Å². The van der Waals surface area contributed by atoms with Crippen molar-refractivity contribution in [3.63, 3.8) is 0 Å². The largest absolute Gasteiger partial charge is 0.492 e. The molecule has 2 amide bonds. The van der Waals surface area contributed by atoms with Crippen molar-refractivity contribution in [3.8, 4) is 56.3 Å². The van der Waals surface area contributed by atoms with E-state index in [1.165, 1.54) is 0 Å². The number of rotatable bonds is 22. The van der Waals surface area contributed by atoms with Crippen LogP contribution in [0, 0.1) is 0 Å². The molecule has 2 aromatic heterocycles. The van der Waals surface area contributed by atoms with Gasteiger partial charge in [0.2, 0.25) is 0 Å². The zero-order valence-electron chi connectivity index (χ0n) is 46.4. The van der Waals surface area contributed by atoms with Gasteiger partial charge in [0.25, 0.3) is 11.8 Å². The Morgan fingerprint density at radius 2 is 0.901 bits per heavy atom. The van der Waals surface area contributed by atoms with Crippen molar-refractivity contribution in [2.75, 3.05) is 68.7 Å². The molecule has 2 saturated carbocycles. The number of pyridine rings is 2. The monoisotopic (exact) mass is 1180 g/mol. The van der Waals surface area contributed by atoms with E-state index in [1.807, 2.05) is 64.6 Å². The molecular formula is C62H68Cl4N6O9. The molecule has 0 unspecified atom stereocenters. The normalized spacial score (nSPS) is 19.0. The zero-order chi connectivity index (χ0) is 57.8. The molecule has 15 nitrogen and oxygen atoms in total. The number of hydrogen-bond donors (Lipinski definition) is 2. The average molecular weight is 1180 g/mol. The van der Waals surface area contributed by atoms with Gasteiger partial charge in [-0.15, -0.1) is 0 Å². The smallest absolute Gasteiger partial charge is 0.339 e. The van der Waals surface area contributed by atoms with Crippen LogP contribution in [0.1, 0.15) is 85.2 Å². The van der Waals surface area contributed by atoms with Gasteiger partial charge in [-0.05, 0) is 153 Å². The molecule has 0 atom stereocenters.